The second-order valence-corrected chi connectivity index (χ2v) is 6.71. The molecule has 0 bridgehead atoms. The third-order valence-corrected chi connectivity index (χ3v) is 4.72. The summed E-state index contributed by atoms with van der Waals surface area (Å²) >= 11 is 0. The predicted molar refractivity (Wildman–Crippen MR) is 96.0 cm³/mol. The van der Waals surface area contributed by atoms with Crippen molar-refractivity contribution in [3.63, 3.8) is 0 Å². The second-order valence-electron chi connectivity index (χ2n) is 6.71. The lowest BCUT2D eigenvalue weighted by Gasteiger charge is -2.27. The van der Waals surface area contributed by atoms with Gasteiger partial charge in [-0.2, -0.15) is 0 Å². The maximum atomic E-state index is 12.3. The summed E-state index contributed by atoms with van der Waals surface area (Å²) < 4.78 is 11.1. The summed E-state index contributed by atoms with van der Waals surface area (Å²) in [7, 11) is 0. The molecule has 6 nitrogen and oxygen atoms in total. The van der Waals surface area contributed by atoms with Crippen LogP contribution in [0.1, 0.15) is 33.1 Å². The SMILES string of the molecule is C=C1C(=O)O[C@@H]2/C=C(\CO)CC/C=C(\C)C[C@@H](OC(=O)/C(C)=C/CO)[C@@H]12. The molecule has 0 saturated carbocycles. The maximum absolute atomic E-state index is 12.3. The third kappa shape index (κ3) is 4.71. The molecule has 0 spiro atoms. The average molecular weight is 362 g/mol. The lowest BCUT2D eigenvalue weighted by atomic mass is 9.85. The molecule has 2 rings (SSSR count). The van der Waals surface area contributed by atoms with E-state index in [1.807, 2.05) is 13.0 Å². The van der Waals surface area contributed by atoms with E-state index in [0.29, 0.717) is 18.4 Å². The molecule has 3 atom stereocenters. The number of hydrogen-bond donors (Lipinski definition) is 2. The number of aliphatic hydroxyl groups excluding tert-OH is 2. The first-order valence-electron chi connectivity index (χ1n) is 8.71. The Morgan fingerprint density at radius 1 is 1.46 bits per heavy atom. The Balaban J connectivity index is 2.38. The van der Waals surface area contributed by atoms with E-state index < -0.39 is 30.1 Å². The summed E-state index contributed by atoms with van der Waals surface area (Å²) in [6.07, 6.45) is 5.78. The fourth-order valence-electron chi connectivity index (χ4n) is 3.23. The molecule has 0 radical (unpaired) electrons. The number of fused-ring (bicyclic) bond motifs is 1. The van der Waals surface area contributed by atoms with Gasteiger partial charge in [-0.3, -0.25) is 0 Å². The van der Waals surface area contributed by atoms with Crippen molar-refractivity contribution in [1.82, 2.24) is 0 Å². The van der Waals surface area contributed by atoms with Crippen molar-refractivity contribution >= 4 is 11.9 Å². The van der Waals surface area contributed by atoms with Gasteiger partial charge in [-0.05, 0) is 44.4 Å². The lowest BCUT2D eigenvalue weighted by Crippen LogP contribution is -2.33. The van der Waals surface area contributed by atoms with Gasteiger partial charge in [-0.25, -0.2) is 9.59 Å². The van der Waals surface area contributed by atoms with E-state index in [1.165, 1.54) is 6.08 Å². The number of hydrogen-bond acceptors (Lipinski definition) is 6. The van der Waals surface area contributed by atoms with E-state index in [0.717, 1.165) is 17.6 Å². The Kier molecular flexibility index (Phi) is 6.94. The summed E-state index contributed by atoms with van der Waals surface area (Å²) in [6, 6.07) is 0. The van der Waals surface area contributed by atoms with Gasteiger partial charge in [0.1, 0.15) is 12.2 Å². The van der Waals surface area contributed by atoms with E-state index in [-0.39, 0.29) is 18.8 Å². The molecule has 26 heavy (non-hydrogen) atoms. The van der Waals surface area contributed by atoms with Crippen LogP contribution in [0.3, 0.4) is 0 Å². The summed E-state index contributed by atoms with van der Waals surface area (Å²) in [5.41, 5.74) is 2.36. The largest absolute Gasteiger partial charge is 0.458 e. The molecule has 0 unspecified atom stereocenters. The van der Waals surface area contributed by atoms with Gasteiger partial charge < -0.3 is 19.7 Å². The van der Waals surface area contributed by atoms with E-state index in [9.17, 15) is 14.7 Å². The smallest absolute Gasteiger partial charge is 0.334 e. The number of ether oxygens (including phenoxy) is 2. The number of rotatable bonds is 4. The topological polar surface area (TPSA) is 93.1 Å². The van der Waals surface area contributed by atoms with Crippen molar-refractivity contribution in [3.05, 3.63) is 47.1 Å². The van der Waals surface area contributed by atoms with Gasteiger partial charge in [0.25, 0.3) is 0 Å². The molecule has 1 aliphatic carbocycles. The van der Waals surface area contributed by atoms with Crippen LogP contribution in [0.25, 0.3) is 0 Å². The van der Waals surface area contributed by atoms with Crippen LogP contribution in [0.15, 0.2) is 47.1 Å². The van der Waals surface area contributed by atoms with Gasteiger partial charge in [-0.1, -0.05) is 18.2 Å². The zero-order valence-electron chi connectivity index (χ0n) is 15.2. The molecular weight excluding hydrogens is 336 g/mol. The number of esters is 2. The highest BCUT2D eigenvalue weighted by molar-refractivity contribution is 5.92. The summed E-state index contributed by atoms with van der Waals surface area (Å²) in [6.45, 7) is 6.95. The second kappa shape index (κ2) is 8.96. The Bertz CT molecular complexity index is 670. The Morgan fingerprint density at radius 3 is 2.85 bits per heavy atom. The molecule has 1 heterocycles. The zero-order chi connectivity index (χ0) is 19.3. The first kappa shape index (κ1) is 20.1. The highest BCUT2D eigenvalue weighted by atomic mass is 16.6. The van der Waals surface area contributed by atoms with Gasteiger partial charge in [0.05, 0.1) is 19.1 Å². The minimum Gasteiger partial charge on any atom is -0.458 e. The van der Waals surface area contributed by atoms with Gasteiger partial charge >= 0.3 is 11.9 Å². The minimum absolute atomic E-state index is 0.122. The van der Waals surface area contributed by atoms with Crippen LogP contribution in [0.2, 0.25) is 0 Å². The summed E-state index contributed by atoms with van der Waals surface area (Å²) in [5, 5.41) is 18.5. The lowest BCUT2D eigenvalue weighted by molar-refractivity contribution is -0.147. The Hall–Kier alpha value is -2.18. The van der Waals surface area contributed by atoms with E-state index in [4.69, 9.17) is 14.6 Å². The van der Waals surface area contributed by atoms with E-state index in [2.05, 4.69) is 6.58 Å². The number of carbonyl (C=O) groups is 2. The molecule has 142 valence electrons. The van der Waals surface area contributed by atoms with Crippen LogP contribution < -0.4 is 0 Å². The van der Waals surface area contributed by atoms with E-state index >= 15 is 0 Å². The minimum atomic E-state index is -0.626. The zero-order valence-corrected chi connectivity index (χ0v) is 15.2. The molecule has 0 amide bonds. The molecular formula is C20H26O6. The number of allylic oxidation sites excluding steroid dienone is 1. The van der Waals surface area contributed by atoms with Crippen molar-refractivity contribution < 1.29 is 29.3 Å². The molecule has 0 aromatic carbocycles. The van der Waals surface area contributed by atoms with Gasteiger partial charge in [-0.15, -0.1) is 0 Å². The van der Waals surface area contributed by atoms with Crippen molar-refractivity contribution in [2.75, 3.05) is 13.2 Å². The van der Waals surface area contributed by atoms with Crippen LogP contribution >= 0.6 is 0 Å². The molecule has 6 heteroatoms. The normalized spacial score (nSPS) is 31.2. The Labute approximate surface area is 153 Å². The van der Waals surface area contributed by atoms with Crippen molar-refractivity contribution in [2.45, 2.75) is 45.3 Å². The van der Waals surface area contributed by atoms with Crippen LogP contribution in [-0.2, 0) is 19.1 Å². The molecule has 1 saturated heterocycles. The monoisotopic (exact) mass is 362 g/mol. The van der Waals surface area contributed by atoms with Crippen LogP contribution in [0, 0.1) is 5.92 Å². The Morgan fingerprint density at radius 2 is 2.19 bits per heavy atom. The summed E-state index contributed by atoms with van der Waals surface area (Å²) in [5.74, 6) is -1.58. The third-order valence-electron chi connectivity index (χ3n) is 4.72. The van der Waals surface area contributed by atoms with Crippen molar-refractivity contribution in [2.24, 2.45) is 5.92 Å². The average Bonchev–Trinajstić information content (AvgIpc) is 2.87. The van der Waals surface area contributed by atoms with Crippen LogP contribution in [-0.4, -0.2) is 47.6 Å². The first-order chi connectivity index (χ1) is 12.4. The van der Waals surface area contributed by atoms with Crippen LogP contribution in [0.4, 0.5) is 0 Å². The van der Waals surface area contributed by atoms with Gasteiger partial charge in [0.15, 0.2) is 0 Å². The first-order valence-corrected chi connectivity index (χ1v) is 8.71. The van der Waals surface area contributed by atoms with E-state index in [1.54, 1.807) is 13.0 Å². The molecule has 0 aromatic heterocycles. The van der Waals surface area contributed by atoms with Gasteiger partial charge in [0.2, 0.25) is 0 Å². The summed E-state index contributed by atoms with van der Waals surface area (Å²) in [4.78, 5) is 24.4. The number of carbonyl (C=O) groups excluding carboxylic acids is 2. The standard InChI is InChI=1S/C20H26O6/c1-12-5-4-6-15(11-22)10-17-18(14(3)20(24)26-17)16(9-12)25-19(23)13(2)7-8-21/h5,7,10,16-18,21-22H,3-4,6,8-9,11H2,1-2H3/b12-5+,13-7+,15-10-/t16-,17-,18-/m1/s1. The van der Waals surface area contributed by atoms with Crippen LogP contribution in [0.5, 0.6) is 0 Å². The highest BCUT2D eigenvalue weighted by Gasteiger charge is 2.44. The quantitative estimate of drug-likeness (QED) is 0.451. The van der Waals surface area contributed by atoms with Crippen molar-refractivity contribution in [1.29, 1.82) is 0 Å². The molecule has 2 aliphatic rings. The maximum Gasteiger partial charge on any atom is 0.334 e. The fourth-order valence-corrected chi connectivity index (χ4v) is 3.23. The molecule has 2 N–H and O–H groups in total. The van der Waals surface area contributed by atoms with Gasteiger partial charge in [0, 0.05) is 17.6 Å². The molecule has 1 aliphatic heterocycles. The number of aliphatic hydroxyl groups is 2. The molecule has 1 fully saturated rings. The predicted octanol–water partition coefficient (Wildman–Crippen LogP) is 1.98. The van der Waals surface area contributed by atoms with Crippen molar-refractivity contribution in [3.8, 4) is 0 Å². The fraction of sp³-hybridized carbons (Fsp3) is 0.500. The molecule has 0 aromatic rings. The highest BCUT2D eigenvalue weighted by Crippen LogP contribution is 2.36.